The molecule has 2 aromatic rings. The van der Waals surface area contributed by atoms with Crippen molar-refractivity contribution >= 4 is 35.5 Å². The fourth-order valence-corrected chi connectivity index (χ4v) is 6.01. The van der Waals surface area contributed by atoms with Crippen molar-refractivity contribution < 1.29 is 42.9 Å². The van der Waals surface area contributed by atoms with Crippen LogP contribution in [0, 0.1) is 11.8 Å². The van der Waals surface area contributed by atoms with Crippen LogP contribution in [-0.4, -0.2) is 50.3 Å². The van der Waals surface area contributed by atoms with Gasteiger partial charge in [-0.15, -0.1) is 0 Å². The Labute approximate surface area is 222 Å². The lowest BCUT2D eigenvalue weighted by molar-refractivity contribution is -0.183. The van der Waals surface area contributed by atoms with Crippen molar-refractivity contribution in [3.63, 3.8) is 0 Å². The van der Waals surface area contributed by atoms with Crippen LogP contribution in [0.25, 0.3) is 0 Å². The number of halogens is 1. The van der Waals surface area contributed by atoms with Gasteiger partial charge in [-0.05, 0) is 34.4 Å². The number of hydrogen-bond donors (Lipinski definition) is 0. The number of esters is 4. The smallest absolute Gasteiger partial charge is 0.330 e. The second-order valence-electron chi connectivity index (χ2n) is 8.84. The monoisotopic (exact) mass is 538 g/mol. The van der Waals surface area contributed by atoms with Crippen molar-refractivity contribution in [1.29, 1.82) is 0 Å². The highest BCUT2D eigenvalue weighted by molar-refractivity contribution is 6.30. The second kappa shape index (κ2) is 9.83. The van der Waals surface area contributed by atoms with E-state index in [9.17, 15) is 19.2 Å². The summed E-state index contributed by atoms with van der Waals surface area (Å²) in [7, 11) is 0. The lowest BCUT2D eigenvalue weighted by atomic mass is 9.50. The minimum Gasteiger partial charge on any atom is -0.460 e. The Kier molecular flexibility index (Phi) is 6.68. The zero-order chi connectivity index (χ0) is 27.1. The number of benzene rings is 2. The van der Waals surface area contributed by atoms with Gasteiger partial charge in [0.2, 0.25) is 0 Å². The van der Waals surface area contributed by atoms with Crippen LogP contribution in [-0.2, 0) is 54.1 Å². The number of carbonyl (C=O) groups excluding carboxylic acids is 4. The number of cyclic esters (lactones) is 2. The third-order valence-corrected chi connectivity index (χ3v) is 7.31. The molecule has 4 aliphatic rings. The minimum absolute atomic E-state index is 0.0912. The summed E-state index contributed by atoms with van der Waals surface area (Å²) in [5, 5.41) is 0.374. The van der Waals surface area contributed by atoms with E-state index in [2.05, 4.69) is 13.2 Å². The molecular formula is C28H23ClO9. The Hall–Kier alpha value is -3.79. The van der Waals surface area contributed by atoms with Crippen molar-refractivity contribution in [3.05, 3.63) is 95.1 Å². The zero-order valence-electron chi connectivity index (χ0n) is 20.1. The minimum atomic E-state index is -1.48. The average Bonchev–Trinajstić information content (AvgIpc) is 3.24. The summed E-state index contributed by atoms with van der Waals surface area (Å²) in [5.74, 6) is -5.01. The van der Waals surface area contributed by atoms with Crippen LogP contribution < -0.4 is 0 Å². The van der Waals surface area contributed by atoms with Crippen molar-refractivity contribution in [1.82, 2.24) is 0 Å². The van der Waals surface area contributed by atoms with E-state index in [0.29, 0.717) is 27.3 Å². The molecule has 38 heavy (non-hydrogen) atoms. The van der Waals surface area contributed by atoms with Crippen molar-refractivity contribution in [2.24, 2.45) is 11.8 Å². The average molecular weight is 539 g/mol. The van der Waals surface area contributed by atoms with Gasteiger partial charge in [0.1, 0.15) is 36.3 Å². The molecule has 2 aromatic carbocycles. The number of rotatable bonds is 10. The second-order valence-corrected chi connectivity index (χ2v) is 9.28. The molecule has 1 aliphatic heterocycles. The molecule has 0 radical (unpaired) electrons. The first-order valence-corrected chi connectivity index (χ1v) is 12.2. The molecule has 0 saturated carbocycles. The van der Waals surface area contributed by atoms with E-state index in [1.54, 1.807) is 42.5 Å². The highest BCUT2D eigenvalue weighted by Crippen LogP contribution is 2.67. The molecule has 4 unspecified atom stereocenters. The first-order valence-electron chi connectivity index (χ1n) is 11.8. The topological polar surface area (TPSA) is 114 Å². The maximum Gasteiger partial charge on any atom is 0.330 e. The third kappa shape index (κ3) is 3.69. The largest absolute Gasteiger partial charge is 0.460 e. The molecule has 9 nitrogen and oxygen atoms in total. The van der Waals surface area contributed by atoms with Crippen LogP contribution in [0.2, 0.25) is 5.02 Å². The van der Waals surface area contributed by atoms with Gasteiger partial charge in [0, 0.05) is 17.2 Å². The van der Waals surface area contributed by atoms with E-state index in [1.165, 1.54) is 0 Å². The molecule has 1 heterocycles. The molecule has 196 valence electrons. The van der Waals surface area contributed by atoms with E-state index in [-0.39, 0.29) is 26.4 Å². The summed E-state index contributed by atoms with van der Waals surface area (Å²) in [6, 6.07) is 12.2. The normalized spacial score (nSPS) is 26.0. The molecule has 1 saturated heterocycles. The predicted octanol–water partition coefficient (Wildman–Crippen LogP) is 2.96. The molecule has 6 rings (SSSR count). The highest BCUT2D eigenvalue weighted by Gasteiger charge is 2.75. The van der Waals surface area contributed by atoms with E-state index in [4.69, 9.17) is 35.3 Å². The number of hydrogen-bond acceptors (Lipinski definition) is 9. The molecule has 0 N–H and O–H groups in total. The van der Waals surface area contributed by atoms with Gasteiger partial charge in [-0.1, -0.05) is 55.1 Å². The summed E-state index contributed by atoms with van der Waals surface area (Å²) >= 11 is 6.43. The Morgan fingerprint density at radius 1 is 0.789 bits per heavy atom. The molecule has 0 spiro atoms. The fraction of sp³-hybridized carbons (Fsp3) is 0.286. The molecule has 0 amide bonds. The molecular weight excluding hydrogens is 516 g/mol. The summed E-state index contributed by atoms with van der Waals surface area (Å²) in [4.78, 5) is 49.8. The third-order valence-electron chi connectivity index (χ3n) is 7.08. The van der Waals surface area contributed by atoms with Gasteiger partial charge in [0.15, 0.2) is 0 Å². The van der Waals surface area contributed by atoms with Crippen LogP contribution in [0.4, 0.5) is 0 Å². The first-order chi connectivity index (χ1) is 18.3. The number of ether oxygens (including phenoxy) is 5. The SMILES string of the molecule is C=CC(=O)OCCOC12c3ccccc3C(OCCOC(=O)C=C)(c3cc(Cl)ccc31)C1C(=O)OC(=O)C12. The summed E-state index contributed by atoms with van der Waals surface area (Å²) < 4.78 is 28.3. The van der Waals surface area contributed by atoms with Gasteiger partial charge in [0.05, 0.1) is 13.2 Å². The maximum absolute atomic E-state index is 13.3. The van der Waals surface area contributed by atoms with Gasteiger partial charge in [-0.2, -0.15) is 0 Å². The van der Waals surface area contributed by atoms with E-state index in [0.717, 1.165) is 12.2 Å². The summed E-state index contributed by atoms with van der Waals surface area (Å²) in [6.45, 7) is 6.32. The van der Waals surface area contributed by atoms with E-state index >= 15 is 0 Å². The van der Waals surface area contributed by atoms with E-state index < -0.39 is 46.9 Å². The highest BCUT2D eigenvalue weighted by atomic mass is 35.5. The summed E-state index contributed by atoms with van der Waals surface area (Å²) in [5.41, 5.74) is -0.667. The van der Waals surface area contributed by atoms with Gasteiger partial charge in [-0.3, -0.25) is 9.59 Å². The van der Waals surface area contributed by atoms with Crippen molar-refractivity contribution in [3.8, 4) is 0 Å². The van der Waals surface area contributed by atoms with Crippen LogP contribution in [0.3, 0.4) is 0 Å². The van der Waals surface area contributed by atoms with E-state index in [1.807, 2.05) is 0 Å². The standard InChI is InChI=1S/C28H23ClO9/c1-3-21(30)34-11-13-36-27-17-7-5-6-8-18(17)28(37-14-12-35-22(31)4-2,20-15-16(29)9-10-19(20)27)24-23(27)25(32)38-26(24)33/h3-10,15,23-24H,1-2,11-14H2. The lowest BCUT2D eigenvalue weighted by Gasteiger charge is -2.58. The van der Waals surface area contributed by atoms with Crippen molar-refractivity contribution in [2.75, 3.05) is 26.4 Å². The van der Waals surface area contributed by atoms with Gasteiger partial charge in [0.25, 0.3) is 0 Å². The fourth-order valence-electron chi connectivity index (χ4n) is 5.84. The molecule has 4 atom stereocenters. The van der Waals surface area contributed by atoms with Gasteiger partial charge >= 0.3 is 23.9 Å². The van der Waals surface area contributed by atoms with Crippen LogP contribution in [0.15, 0.2) is 67.8 Å². The quantitative estimate of drug-likeness (QED) is 0.148. The Morgan fingerprint density at radius 2 is 1.26 bits per heavy atom. The van der Waals surface area contributed by atoms with Crippen LogP contribution >= 0.6 is 11.6 Å². The number of carbonyl (C=O) groups is 4. The Balaban J connectivity index is 1.67. The zero-order valence-corrected chi connectivity index (χ0v) is 20.9. The van der Waals surface area contributed by atoms with Crippen LogP contribution in [0.5, 0.6) is 0 Å². The Bertz CT molecular complexity index is 1370. The molecule has 10 heteroatoms. The van der Waals surface area contributed by atoms with Crippen molar-refractivity contribution in [2.45, 2.75) is 11.2 Å². The molecule has 1 fully saturated rings. The van der Waals surface area contributed by atoms with Gasteiger partial charge < -0.3 is 23.7 Å². The first kappa shape index (κ1) is 25.8. The lowest BCUT2D eigenvalue weighted by Crippen LogP contribution is -2.63. The summed E-state index contributed by atoms with van der Waals surface area (Å²) in [6.07, 6.45) is 2.07. The molecule has 2 bridgehead atoms. The molecule has 0 aromatic heterocycles. The maximum atomic E-state index is 13.3. The predicted molar refractivity (Wildman–Crippen MR) is 132 cm³/mol. The van der Waals surface area contributed by atoms with Crippen LogP contribution in [0.1, 0.15) is 22.3 Å². The van der Waals surface area contributed by atoms with Gasteiger partial charge in [-0.25, -0.2) is 9.59 Å². The molecule has 3 aliphatic carbocycles. The Morgan fingerprint density at radius 3 is 1.76 bits per heavy atom.